The first-order valence-electron chi connectivity index (χ1n) is 12.0. The molecule has 0 aromatic carbocycles. The Morgan fingerprint density at radius 1 is 1.11 bits per heavy atom. The number of hydrogen-bond donors (Lipinski definition) is 4. The lowest BCUT2D eigenvalue weighted by atomic mass is 10.2. The maximum absolute atomic E-state index is 13.3. The molecular weight excluding hydrogens is 493 g/mol. The SMILES string of the molecule is CNc1cc(Nc2cccn(-c3ccc(C(=O)NC(C)C)cn3)c2=O)nn2c(C(=O)N[C@@H]3C[C@@H]3F)cnc12. The van der Waals surface area contributed by atoms with Crippen molar-refractivity contribution in [3.8, 4) is 5.82 Å². The lowest BCUT2D eigenvalue weighted by Gasteiger charge is -2.12. The molecule has 0 unspecified atom stereocenters. The molecule has 0 radical (unpaired) electrons. The molecule has 38 heavy (non-hydrogen) atoms. The molecule has 0 bridgehead atoms. The Kier molecular flexibility index (Phi) is 6.49. The molecule has 196 valence electrons. The Labute approximate surface area is 216 Å². The van der Waals surface area contributed by atoms with E-state index in [1.807, 2.05) is 13.8 Å². The number of pyridine rings is 2. The average molecular weight is 520 g/mol. The van der Waals surface area contributed by atoms with Crippen molar-refractivity contribution < 1.29 is 14.0 Å². The minimum absolute atomic E-state index is 0.0164. The van der Waals surface area contributed by atoms with Crippen LogP contribution in [0.2, 0.25) is 0 Å². The molecule has 2 amide bonds. The number of aromatic nitrogens is 5. The highest BCUT2D eigenvalue weighted by atomic mass is 19.1. The molecule has 4 aromatic rings. The number of carbonyl (C=O) groups is 2. The van der Waals surface area contributed by atoms with E-state index in [1.165, 1.54) is 21.5 Å². The maximum atomic E-state index is 13.3. The zero-order valence-electron chi connectivity index (χ0n) is 20.9. The van der Waals surface area contributed by atoms with Gasteiger partial charge in [0.05, 0.1) is 23.5 Å². The molecule has 1 fully saturated rings. The number of amides is 2. The van der Waals surface area contributed by atoms with Crippen molar-refractivity contribution >= 4 is 34.7 Å². The van der Waals surface area contributed by atoms with E-state index in [-0.39, 0.29) is 35.6 Å². The summed E-state index contributed by atoms with van der Waals surface area (Å²) < 4.78 is 16.0. The van der Waals surface area contributed by atoms with Crippen LogP contribution in [-0.2, 0) is 0 Å². The smallest absolute Gasteiger partial charge is 0.279 e. The number of alkyl halides is 1. The molecule has 0 saturated heterocycles. The van der Waals surface area contributed by atoms with Gasteiger partial charge in [-0.25, -0.2) is 18.9 Å². The zero-order valence-corrected chi connectivity index (χ0v) is 20.9. The fourth-order valence-corrected chi connectivity index (χ4v) is 3.84. The predicted molar refractivity (Wildman–Crippen MR) is 139 cm³/mol. The van der Waals surface area contributed by atoms with Gasteiger partial charge in [-0.05, 0) is 38.1 Å². The Bertz CT molecular complexity index is 1580. The second-order valence-electron chi connectivity index (χ2n) is 9.16. The molecule has 0 aliphatic heterocycles. The molecule has 2 atom stereocenters. The van der Waals surface area contributed by atoms with Gasteiger partial charge in [0.2, 0.25) is 0 Å². The van der Waals surface area contributed by atoms with Crippen LogP contribution < -0.4 is 26.8 Å². The molecule has 1 aliphatic carbocycles. The van der Waals surface area contributed by atoms with Gasteiger partial charge in [0.1, 0.15) is 17.7 Å². The molecule has 4 heterocycles. The van der Waals surface area contributed by atoms with Crippen LogP contribution in [0.25, 0.3) is 11.5 Å². The third-order valence-corrected chi connectivity index (χ3v) is 5.89. The summed E-state index contributed by atoms with van der Waals surface area (Å²) in [6.07, 6.45) is 3.58. The molecule has 4 aromatic heterocycles. The fourth-order valence-electron chi connectivity index (χ4n) is 3.84. The van der Waals surface area contributed by atoms with E-state index in [1.54, 1.807) is 43.6 Å². The van der Waals surface area contributed by atoms with Gasteiger partial charge >= 0.3 is 0 Å². The minimum Gasteiger partial charge on any atom is -0.385 e. The van der Waals surface area contributed by atoms with Crippen molar-refractivity contribution in [1.82, 2.24) is 34.8 Å². The largest absolute Gasteiger partial charge is 0.385 e. The van der Waals surface area contributed by atoms with Crippen molar-refractivity contribution in [3.63, 3.8) is 0 Å². The minimum atomic E-state index is -1.04. The van der Waals surface area contributed by atoms with E-state index in [2.05, 4.69) is 36.3 Å². The van der Waals surface area contributed by atoms with Crippen LogP contribution in [-0.4, -0.2) is 61.3 Å². The van der Waals surface area contributed by atoms with Gasteiger partial charge in [-0.2, -0.15) is 0 Å². The van der Waals surface area contributed by atoms with Crippen molar-refractivity contribution in [1.29, 1.82) is 0 Å². The zero-order chi connectivity index (χ0) is 27.0. The monoisotopic (exact) mass is 519 g/mol. The Balaban J connectivity index is 1.44. The first-order valence-corrected chi connectivity index (χ1v) is 12.0. The first kappa shape index (κ1) is 24.9. The predicted octanol–water partition coefficient (Wildman–Crippen LogP) is 2.04. The number of imidazole rings is 1. The van der Waals surface area contributed by atoms with E-state index in [9.17, 15) is 18.8 Å². The second kappa shape index (κ2) is 9.92. The van der Waals surface area contributed by atoms with Gasteiger partial charge in [0.15, 0.2) is 17.2 Å². The number of nitrogens with one attached hydrogen (secondary N) is 4. The molecule has 5 rings (SSSR count). The molecule has 4 N–H and O–H groups in total. The Hall–Kier alpha value is -4.81. The summed E-state index contributed by atoms with van der Waals surface area (Å²) in [7, 11) is 1.69. The van der Waals surface area contributed by atoms with Crippen molar-refractivity contribution in [2.45, 2.75) is 38.5 Å². The number of halogens is 1. The summed E-state index contributed by atoms with van der Waals surface area (Å²) in [5.74, 6) is -0.142. The summed E-state index contributed by atoms with van der Waals surface area (Å²) >= 11 is 0. The number of hydrogen-bond acceptors (Lipinski definition) is 8. The van der Waals surface area contributed by atoms with Crippen LogP contribution in [0.4, 0.5) is 21.6 Å². The average Bonchev–Trinajstić information content (AvgIpc) is 3.41. The number of anilines is 3. The Morgan fingerprint density at radius 3 is 2.55 bits per heavy atom. The summed E-state index contributed by atoms with van der Waals surface area (Å²) in [5, 5.41) is 15.9. The van der Waals surface area contributed by atoms with E-state index in [4.69, 9.17) is 0 Å². The molecule has 13 heteroatoms. The normalized spacial score (nSPS) is 16.3. The lowest BCUT2D eigenvalue weighted by Crippen LogP contribution is -2.30. The number of nitrogens with zero attached hydrogens (tertiary/aromatic N) is 5. The molecular formula is C25H26FN9O3. The van der Waals surface area contributed by atoms with Gasteiger partial charge in [0, 0.05) is 38.0 Å². The fraction of sp³-hybridized carbons (Fsp3) is 0.280. The second-order valence-corrected chi connectivity index (χ2v) is 9.16. The highest BCUT2D eigenvalue weighted by molar-refractivity contribution is 5.95. The van der Waals surface area contributed by atoms with Gasteiger partial charge < -0.3 is 21.3 Å². The van der Waals surface area contributed by atoms with Crippen LogP contribution in [0.5, 0.6) is 0 Å². The van der Waals surface area contributed by atoms with E-state index in [0.717, 1.165) is 0 Å². The number of rotatable bonds is 8. The summed E-state index contributed by atoms with van der Waals surface area (Å²) in [6, 6.07) is 7.57. The first-order chi connectivity index (χ1) is 18.2. The number of carbonyl (C=O) groups excluding carboxylic acids is 2. The van der Waals surface area contributed by atoms with Gasteiger partial charge in [-0.3, -0.25) is 19.0 Å². The molecule has 1 saturated carbocycles. The summed E-state index contributed by atoms with van der Waals surface area (Å²) in [6.45, 7) is 3.72. The van der Waals surface area contributed by atoms with Gasteiger partial charge in [-0.1, -0.05) is 0 Å². The molecule has 0 spiro atoms. The van der Waals surface area contributed by atoms with E-state index in [0.29, 0.717) is 22.7 Å². The molecule has 1 aliphatic rings. The summed E-state index contributed by atoms with van der Waals surface area (Å²) in [5.41, 5.74) is 1.27. The summed E-state index contributed by atoms with van der Waals surface area (Å²) in [4.78, 5) is 46.7. The third-order valence-electron chi connectivity index (χ3n) is 5.89. The topological polar surface area (TPSA) is 147 Å². The Morgan fingerprint density at radius 2 is 1.89 bits per heavy atom. The van der Waals surface area contributed by atoms with Gasteiger partial charge in [-0.15, -0.1) is 5.10 Å². The van der Waals surface area contributed by atoms with Gasteiger partial charge in [0.25, 0.3) is 17.4 Å². The number of fused-ring (bicyclic) bond motifs is 1. The molecule has 12 nitrogen and oxygen atoms in total. The maximum Gasteiger partial charge on any atom is 0.279 e. The lowest BCUT2D eigenvalue weighted by molar-refractivity contribution is 0.0933. The standard InChI is InChI=1S/C25H26FN9O3/c1-13(2)30-23(36)14-6-7-21(28-11-14)34-8-4-5-16(25(34)38)31-20-10-18(27-3)22-29-12-19(35(22)33-20)24(37)32-17-9-15(17)26/h4-8,10-13,15,17,27H,9H2,1-3H3,(H,30,36)(H,31,33)(H,32,37)/t15-,17+/m0/s1. The van der Waals surface area contributed by atoms with Crippen LogP contribution in [0, 0.1) is 0 Å². The third kappa shape index (κ3) is 4.90. The van der Waals surface area contributed by atoms with E-state index < -0.39 is 23.7 Å². The van der Waals surface area contributed by atoms with Crippen molar-refractivity contribution in [3.05, 3.63) is 70.5 Å². The van der Waals surface area contributed by atoms with Crippen LogP contribution in [0.1, 0.15) is 41.1 Å². The highest BCUT2D eigenvalue weighted by Crippen LogP contribution is 2.26. The van der Waals surface area contributed by atoms with Crippen LogP contribution in [0.15, 0.2) is 53.7 Å². The quantitative estimate of drug-likeness (QED) is 0.277. The van der Waals surface area contributed by atoms with Crippen molar-refractivity contribution in [2.24, 2.45) is 0 Å². The highest BCUT2D eigenvalue weighted by Gasteiger charge is 2.39. The van der Waals surface area contributed by atoms with E-state index >= 15 is 0 Å². The van der Waals surface area contributed by atoms with Crippen LogP contribution >= 0.6 is 0 Å². The van der Waals surface area contributed by atoms with Crippen molar-refractivity contribution in [2.75, 3.05) is 17.7 Å². The van der Waals surface area contributed by atoms with Crippen LogP contribution in [0.3, 0.4) is 0 Å².